The number of fused-ring (bicyclic) bond motifs is 14. The Balaban J connectivity index is 0.000000197. The molecule has 6 heterocycles. The molecule has 2 aromatic heterocycles. The van der Waals surface area contributed by atoms with Gasteiger partial charge in [-0.05, 0) is 161 Å². The molecule has 4 aromatic rings. The molecule has 7 fully saturated rings. The number of benzene rings is 2. The zero-order chi connectivity index (χ0) is 63.8. The summed E-state index contributed by atoms with van der Waals surface area (Å²) in [5.74, 6) is 2.75. The fourth-order valence-electron chi connectivity index (χ4n) is 16.1. The van der Waals surface area contributed by atoms with Crippen molar-refractivity contribution in [1.82, 2.24) is 40.4 Å². The fraction of sp³-hybridized carbons (Fsp3) is 0.686. The van der Waals surface area contributed by atoms with Crippen LogP contribution in [0.1, 0.15) is 183 Å². The maximum absolute atomic E-state index is 14.2. The van der Waals surface area contributed by atoms with E-state index in [0.717, 1.165) is 125 Å². The molecule has 2 N–H and O–H groups in total. The van der Waals surface area contributed by atoms with Gasteiger partial charge in [0.2, 0.25) is 23.6 Å². The maximum Gasteiger partial charge on any atom is 0.408 e. The van der Waals surface area contributed by atoms with E-state index in [1.165, 1.54) is 16.2 Å². The van der Waals surface area contributed by atoms with E-state index in [4.69, 9.17) is 48.4 Å². The van der Waals surface area contributed by atoms with E-state index in [-0.39, 0.29) is 96.7 Å². The van der Waals surface area contributed by atoms with Crippen LogP contribution in [0.3, 0.4) is 0 Å². The molecule has 4 amide bonds. The molecule has 92 heavy (non-hydrogen) atoms. The van der Waals surface area contributed by atoms with Gasteiger partial charge in [-0.25, -0.2) is 42.1 Å². The van der Waals surface area contributed by atoms with Gasteiger partial charge in [0.05, 0.1) is 49.4 Å². The molecule has 5 saturated carbocycles. The molecule has 2 radical (unpaired) electrons. The number of methoxy groups -OCH3 is 2. The van der Waals surface area contributed by atoms with Crippen molar-refractivity contribution in [3.63, 3.8) is 0 Å². The molecule has 22 heteroatoms. The van der Waals surface area contributed by atoms with Crippen LogP contribution in [0.2, 0.25) is 0 Å². The molecule has 2 unspecified atom stereocenters. The van der Waals surface area contributed by atoms with Crippen molar-refractivity contribution in [2.45, 2.75) is 230 Å². The van der Waals surface area contributed by atoms with E-state index in [1.807, 2.05) is 98.7 Å². The van der Waals surface area contributed by atoms with Crippen molar-refractivity contribution >= 4 is 58.6 Å². The normalized spacial score (nSPS) is 32.5. The van der Waals surface area contributed by atoms with Gasteiger partial charge in [0, 0.05) is 60.1 Å². The van der Waals surface area contributed by atoms with Gasteiger partial charge < -0.3 is 58.4 Å². The molecule has 9 aliphatic rings. The Morgan fingerprint density at radius 2 is 1.02 bits per heavy atom. The van der Waals surface area contributed by atoms with Crippen molar-refractivity contribution < 1.29 is 94.3 Å². The minimum Gasteiger partial charge on any atom is -0.540 e. The van der Waals surface area contributed by atoms with Crippen LogP contribution >= 0.6 is 0 Å². The summed E-state index contributed by atoms with van der Waals surface area (Å²) in [4.78, 5) is 103. The van der Waals surface area contributed by atoms with Gasteiger partial charge in [0.15, 0.2) is 0 Å². The van der Waals surface area contributed by atoms with Crippen molar-refractivity contribution in [2.75, 3.05) is 27.3 Å². The number of carbonyl (C=O) groups is 4. The number of ether oxygens (including phenoxy) is 6. The number of carbonyl (C=O) groups excluding carboxylic acids is 6. The first-order valence-corrected chi connectivity index (χ1v) is 33.3. The monoisotopic (exact) mass is 1340 g/mol. The van der Waals surface area contributed by atoms with Crippen molar-refractivity contribution in [2.24, 2.45) is 46.3 Å². The van der Waals surface area contributed by atoms with Gasteiger partial charge in [-0.2, -0.15) is 0 Å². The number of nitrogens with one attached hydrogen (secondary N) is 2. The van der Waals surface area contributed by atoms with E-state index in [9.17, 15) is 28.8 Å². The Hall–Kier alpha value is -5.69. The predicted octanol–water partition coefficient (Wildman–Crippen LogP) is 10.8. The molecule has 2 aromatic carbocycles. The van der Waals surface area contributed by atoms with E-state index in [2.05, 4.69) is 23.2 Å². The summed E-state index contributed by atoms with van der Waals surface area (Å²) >= 11 is 0. The largest absolute Gasteiger partial charge is 0.540 e. The molecule has 5 aliphatic carbocycles. The number of amides is 4. The van der Waals surface area contributed by atoms with Crippen LogP contribution in [0.4, 0.5) is 9.59 Å². The number of hydrogen-bond donors (Lipinski definition) is 2. The van der Waals surface area contributed by atoms with Gasteiger partial charge in [-0.1, -0.05) is 93.2 Å². The summed E-state index contributed by atoms with van der Waals surface area (Å²) in [7, 11) is 3.24. The summed E-state index contributed by atoms with van der Waals surface area (Å²) in [6.45, 7) is 17.6. The average Bonchev–Trinajstić information content (AvgIpc) is 1.58. The topological polar surface area (TPSA) is 240 Å². The summed E-state index contributed by atoms with van der Waals surface area (Å²) in [6, 6.07) is 7.90. The first-order chi connectivity index (χ1) is 42.9. The fourth-order valence-corrected chi connectivity index (χ4v) is 16.1. The van der Waals surface area contributed by atoms with Gasteiger partial charge in [-0.3, -0.25) is 9.59 Å². The van der Waals surface area contributed by atoms with Crippen LogP contribution in [0, 0.1) is 46.3 Å². The Morgan fingerprint density at radius 3 is 1.48 bits per heavy atom. The van der Waals surface area contributed by atoms with E-state index >= 15 is 0 Å². The summed E-state index contributed by atoms with van der Waals surface area (Å²) in [5.41, 5.74) is 2.55. The SMILES string of the molecule is COc1ccc2nc3c(nc2c1)O[C@H]1CN(C(=O)[C@H](C(C)(C)C)NC(=O)O[C@@H]2CC4CC4[C@H]2CCCCC32CC2)[C@H]([C-]=O)[C@@H]1C.COc1ccc2nc3c(nc2c1)O[C@H]1CN(C(=O)[C@H](C(C)(C)C)NC(=O)O[C@]2(C)CCC[C@H]2CCCCC32CC2)[C@H]([C-]=O)[C@@H]1C.[V].[V]. The molecule has 496 valence electrons. The molecule has 2 saturated heterocycles. The van der Waals surface area contributed by atoms with E-state index in [0.29, 0.717) is 52.0 Å². The first kappa shape index (κ1) is 69.1. The summed E-state index contributed by atoms with van der Waals surface area (Å²) < 4.78 is 36.5. The second-order valence-electron chi connectivity index (χ2n) is 30.3. The standard InChI is InChI=1S/C35H45N4O6.C35H47N4O6.2V/c1-19-26(18-40)39-17-28(19)44-31-29(36-24-10-9-21(43-5)16-25(24)37-31)35(12-13-35)11-7-6-8-22-23-14-20(23)15-27(22)45-33(42)38-30(32(39)41)34(2,3)4;1-21-26(20-40)39-19-27(21)44-30-28(36-24-13-12-23(43-6)18-25(24)37-30)35(16-17-35)15-8-7-10-22-11-9-14-34(22,5)45-32(42)38-29(31(39)41)33(2,3)4;;/h9-10,16,19-20,22-23,26-28,30H,6-8,11-15,17H2,1-5H3,(H,38,42);12-13,18,21-22,26-27,29H,7-11,14-17,19H2,1-6H3,(H,38,42);;/q2*-1;;/t19-,20?,22+,23?,26+,27+,28-,30+;21-,22+,26+,27-,29+,34+;;/m00../s1. The van der Waals surface area contributed by atoms with Crippen LogP contribution < -0.4 is 29.6 Å². The molecular weight excluding hydrogens is 1250 g/mol. The molecule has 14 atom stereocenters. The average molecular weight is 1340 g/mol. The second-order valence-corrected chi connectivity index (χ2v) is 30.3. The van der Waals surface area contributed by atoms with Gasteiger partial charge in [-0.15, -0.1) is 0 Å². The molecule has 4 aliphatic heterocycles. The predicted molar refractivity (Wildman–Crippen MR) is 335 cm³/mol. The Bertz CT molecular complexity index is 3310. The van der Waals surface area contributed by atoms with Gasteiger partial charge in [0.1, 0.15) is 58.9 Å². The Labute approximate surface area is 565 Å². The molecule has 20 nitrogen and oxygen atoms in total. The number of alkyl carbamates (subject to hydrolysis) is 2. The van der Waals surface area contributed by atoms with Crippen molar-refractivity contribution in [3.8, 4) is 23.3 Å². The van der Waals surface area contributed by atoms with Crippen molar-refractivity contribution in [1.29, 1.82) is 0 Å². The first-order valence-electron chi connectivity index (χ1n) is 33.3. The minimum absolute atomic E-state index is 0. The van der Waals surface area contributed by atoms with Gasteiger partial charge >= 0.3 is 12.2 Å². The molecule has 2 spiro atoms. The van der Waals surface area contributed by atoms with Crippen LogP contribution in [0.25, 0.3) is 22.1 Å². The van der Waals surface area contributed by atoms with Crippen LogP contribution in [-0.2, 0) is 76.6 Å². The summed E-state index contributed by atoms with van der Waals surface area (Å²) in [5, 5.41) is 5.80. The van der Waals surface area contributed by atoms with Gasteiger partial charge in [0.25, 0.3) is 0 Å². The smallest absolute Gasteiger partial charge is 0.408 e. The maximum atomic E-state index is 14.2. The zero-order valence-electron chi connectivity index (χ0n) is 55.4. The van der Waals surface area contributed by atoms with Crippen LogP contribution in [0.15, 0.2) is 36.4 Å². The molecule has 4 bridgehead atoms. The molecule has 13 rings (SSSR count). The number of aromatic nitrogens is 4. The Morgan fingerprint density at radius 1 is 0.554 bits per heavy atom. The third-order valence-electron chi connectivity index (χ3n) is 22.2. The third-order valence-corrected chi connectivity index (χ3v) is 22.2. The number of nitrogens with zero attached hydrogens (tertiary/aromatic N) is 6. The van der Waals surface area contributed by atoms with E-state index < -0.39 is 65.0 Å². The molecular formula is C70H92N8O12V2-2. The Kier molecular flexibility index (Phi) is 20.2. The number of hydrogen-bond acceptors (Lipinski definition) is 16. The van der Waals surface area contributed by atoms with Crippen molar-refractivity contribution in [3.05, 3.63) is 47.8 Å². The second kappa shape index (κ2) is 26.8. The number of rotatable bonds is 4. The summed E-state index contributed by atoms with van der Waals surface area (Å²) in [6.07, 6.45) is 19.0. The third kappa shape index (κ3) is 13.7. The van der Waals surface area contributed by atoms with E-state index in [1.54, 1.807) is 14.2 Å². The van der Waals surface area contributed by atoms with Crippen LogP contribution in [-0.4, -0.2) is 142 Å². The minimum atomic E-state index is -0.910. The quantitative estimate of drug-likeness (QED) is 0.181. The zero-order valence-corrected chi connectivity index (χ0v) is 58.2. The van der Waals surface area contributed by atoms with Crippen LogP contribution in [0.5, 0.6) is 23.3 Å².